The molecule has 2 N–H and O–H groups in total. The van der Waals surface area contributed by atoms with Gasteiger partial charge in [0.2, 0.25) is 0 Å². The quantitative estimate of drug-likeness (QED) is 0.612. The summed E-state index contributed by atoms with van der Waals surface area (Å²) in [6.45, 7) is 0. The van der Waals surface area contributed by atoms with Crippen molar-refractivity contribution in [1.82, 2.24) is 0 Å². The van der Waals surface area contributed by atoms with Gasteiger partial charge < -0.3 is 10.2 Å². The van der Waals surface area contributed by atoms with Crippen molar-refractivity contribution in [2.24, 2.45) is 0 Å². The molecule has 0 amide bonds. The van der Waals surface area contributed by atoms with Crippen LogP contribution in [-0.4, -0.2) is 5.78 Å². The van der Waals surface area contributed by atoms with Crippen LogP contribution in [0.5, 0.6) is 0 Å². The lowest BCUT2D eigenvalue weighted by atomic mass is 10.1. The molecule has 1 heterocycles. The second-order valence-electron chi connectivity index (χ2n) is 3.35. The highest BCUT2D eigenvalue weighted by atomic mass is 16.3. The molecular weight excluding hydrogens is 190 g/mol. The predicted octanol–water partition coefficient (Wildman–Crippen LogP) is 2.29. The van der Waals surface area contributed by atoms with Gasteiger partial charge in [-0.25, -0.2) is 0 Å². The topological polar surface area (TPSA) is 56.2 Å². The minimum absolute atomic E-state index is 0.0496. The Morgan fingerprint density at radius 3 is 2.53 bits per heavy atom. The van der Waals surface area contributed by atoms with Gasteiger partial charge in [0.1, 0.15) is 6.26 Å². The van der Waals surface area contributed by atoms with Gasteiger partial charge in [0.15, 0.2) is 5.78 Å². The number of carbonyl (C=O) groups is 1. The zero-order chi connectivity index (χ0) is 10.7. The largest absolute Gasteiger partial charge is 0.472 e. The molecule has 1 aromatic carbocycles. The third-order valence-electron chi connectivity index (χ3n) is 2.19. The summed E-state index contributed by atoms with van der Waals surface area (Å²) in [6.07, 6.45) is 3.33. The molecule has 0 saturated heterocycles. The Morgan fingerprint density at radius 1 is 1.20 bits per heavy atom. The van der Waals surface area contributed by atoms with Crippen LogP contribution < -0.4 is 5.73 Å². The standard InChI is InChI=1S/C12H11NO2/c13-11-3-1-9(2-4-11)7-12(14)10-5-6-15-8-10/h1-6,8H,7,13H2. The highest BCUT2D eigenvalue weighted by Crippen LogP contribution is 2.10. The number of Topliss-reactive ketones (excluding diaryl/α,β-unsaturated/α-hetero) is 1. The normalized spacial score (nSPS) is 10.1. The molecule has 3 heteroatoms. The molecule has 0 atom stereocenters. The number of carbonyl (C=O) groups excluding carboxylic acids is 1. The minimum atomic E-state index is 0.0496. The molecule has 2 rings (SSSR count). The van der Waals surface area contributed by atoms with Crippen LogP contribution in [0.4, 0.5) is 5.69 Å². The summed E-state index contributed by atoms with van der Waals surface area (Å²) >= 11 is 0. The number of nitrogen functional groups attached to an aromatic ring is 1. The number of furan rings is 1. The SMILES string of the molecule is Nc1ccc(CC(=O)c2ccoc2)cc1. The van der Waals surface area contributed by atoms with Gasteiger partial charge in [-0.05, 0) is 23.8 Å². The van der Waals surface area contributed by atoms with Gasteiger partial charge in [0.05, 0.1) is 11.8 Å². The summed E-state index contributed by atoms with van der Waals surface area (Å²) < 4.78 is 4.85. The maximum Gasteiger partial charge on any atom is 0.170 e. The lowest BCUT2D eigenvalue weighted by Gasteiger charge is -1.99. The number of benzene rings is 1. The van der Waals surface area contributed by atoms with Crippen LogP contribution >= 0.6 is 0 Å². The van der Waals surface area contributed by atoms with E-state index in [9.17, 15) is 4.79 Å². The zero-order valence-electron chi connectivity index (χ0n) is 8.14. The molecule has 0 bridgehead atoms. The fourth-order valence-electron chi connectivity index (χ4n) is 1.35. The molecule has 0 spiro atoms. The molecule has 0 radical (unpaired) electrons. The highest BCUT2D eigenvalue weighted by Gasteiger charge is 2.07. The molecule has 0 unspecified atom stereocenters. The van der Waals surface area contributed by atoms with Crippen molar-refractivity contribution in [3.63, 3.8) is 0 Å². The smallest absolute Gasteiger partial charge is 0.170 e. The van der Waals surface area contributed by atoms with Gasteiger partial charge in [-0.15, -0.1) is 0 Å². The monoisotopic (exact) mass is 201 g/mol. The van der Waals surface area contributed by atoms with E-state index in [-0.39, 0.29) is 5.78 Å². The van der Waals surface area contributed by atoms with Crippen molar-refractivity contribution in [3.8, 4) is 0 Å². The van der Waals surface area contributed by atoms with E-state index in [1.54, 1.807) is 18.2 Å². The molecule has 0 aliphatic rings. The zero-order valence-corrected chi connectivity index (χ0v) is 8.14. The molecule has 0 fully saturated rings. The van der Waals surface area contributed by atoms with E-state index in [0.717, 1.165) is 5.56 Å². The summed E-state index contributed by atoms with van der Waals surface area (Å²) in [5.74, 6) is 0.0496. The Hall–Kier alpha value is -2.03. The number of nitrogens with two attached hydrogens (primary N) is 1. The van der Waals surface area contributed by atoms with E-state index < -0.39 is 0 Å². The predicted molar refractivity (Wildman–Crippen MR) is 57.6 cm³/mol. The van der Waals surface area contributed by atoms with E-state index >= 15 is 0 Å². The maximum absolute atomic E-state index is 11.7. The lowest BCUT2D eigenvalue weighted by molar-refractivity contribution is 0.0992. The molecule has 0 aliphatic heterocycles. The molecule has 3 nitrogen and oxygen atoms in total. The van der Waals surface area contributed by atoms with Crippen LogP contribution in [0.3, 0.4) is 0 Å². The Balaban J connectivity index is 2.09. The average Bonchev–Trinajstić information content (AvgIpc) is 2.74. The van der Waals surface area contributed by atoms with Gasteiger partial charge in [-0.1, -0.05) is 12.1 Å². The van der Waals surface area contributed by atoms with E-state index in [0.29, 0.717) is 17.7 Å². The first-order valence-electron chi connectivity index (χ1n) is 4.65. The summed E-state index contributed by atoms with van der Waals surface area (Å²) in [6, 6.07) is 8.95. The maximum atomic E-state index is 11.7. The first kappa shape index (κ1) is 9.52. The Bertz CT molecular complexity index is 443. The Morgan fingerprint density at radius 2 is 1.93 bits per heavy atom. The van der Waals surface area contributed by atoms with E-state index in [2.05, 4.69) is 0 Å². The third-order valence-corrected chi connectivity index (χ3v) is 2.19. The average molecular weight is 201 g/mol. The second kappa shape index (κ2) is 4.00. The Kier molecular flexibility index (Phi) is 2.54. The van der Waals surface area contributed by atoms with Crippen LogP contribution in [0.2, 0.25) is 0 Å². The van der Waals surface area contributed by atoms with Gasteiger partial charge in [-0.2, -0.15) is 0 Å². The highest BCUT2D eigenvalue weighted by molar-refractivity contribution is 5.97. The molecule has 0 saturated carbocycles. The lowest BCUT2D eigenvalue weighted by Crippen LogP contribution is -2.01. The second-order valence-corrected chi connectivity index (χ2v) is 3.35. The van der Waals surface area contributed by atoms with Crippen molar-refractivity contribution in [2.45, 2.75) is 6.42 Å². The van der Waals surface area contributed by atoms with Crippen LogP contribution in [0.25, 0.3) is 0 Å². The van der Waals surface area contributed by atoms with Crippen LogP contribution in [-0.2, 0) is 6.42 Å². The van der Waals surface area contributed by atoms with Gasteiger partial charge in [0.25, 0.3) is 0 Å². The molecule has 0 aliphatic carbocycles. The number of hydrogen-bond donors (Lipinski definition) is 1. The minimum Gasteiger partial charge on any atom is -0.472 e. The van der Waals surface area contributed by atoms with Crippen LogP contribution in [0.1, 0.15) is 15.9 Å². The van der Waals surface area contributed by atoms with Crippen molar-refractivity contribution in [3.05, 3.63) is 54.0 Å². The van der Waals surface area contributed by atoms with Crippen LogP contribution in [0.15, 0.2) is 47.3 Å². The Labute approximate surface area is 87.5 Å². The van der Waals surface area contributed by atoms with Gasteiger partial charge in [-0.3, -0.25) is 4.79 Å². The molecule has 1 aromatic heterocycles. The summed E-state index contributed by atoms with van der Waals surface area (Å²) in [4.78, 5) is 11.7. The number of hydrogen-bond acceptors (Lipinski definition) is 3. The van der Waals surface area contributed by atoms with Crippen molar-refractivity contribution >= 4 is 11.5 Å². The van der Waals surface area contributed by atoms with E-state index in [1.807, 2.05) is 12.1 Å². The van der Waals surface area contributed by atoms with Gasteiger partial charge in [0, 0.05) is 12.1 Å². The van der Waals surface area contributed by atoms with Crippen molar-refractivity contribution < 1.29 is 9.21 Å². The van der Waals surface area contributed by atoms with E-state index in [4.69, 9.17) is 10.2 Å². The van der Waals surface area contributed by atoms with Crippen molar-refractivity contribution in [2.75, 3.05) is 5.73 Å². The first-order chi connectivity index (χ1) is 7.25. The number of rotatable bonds is 3. The third kappa shape index (κ3) is 2.26. The molecule has 76 valence electrons. The number of ketones is 1. The fraction of sp³-hybridized carbons (Fsp3) is 0.0833. The van der Waals surface area contributed by atoms with Crippen LogP contribution in [0, 0.1) is 0 Å². The molecule has 15 heavy (non-hydrogen) atoms. The van der Waals surface area contributed by atoms with E-state index in [1.165, 1.54) is 12.5 Å². The summed E-state index contributed by atoms with van der Waals surface area (Å²) in [5.41, 5.74) is 7.81. The van der Waals surface area contributed by atoms with Gasteiger partial charge >= 0.3 is 0 Å². The molecular formula is C12H11NO2. The summed E-state index contributed by atoms with van der Waals surface area (Å²) in [7, 11) is 0. The van der Waals surface area contributed by atoms with Crippen molar-refractivity contribution in [1.29, 1.82) is 0 Å². The molecule has 2 aromatic rings. The fourth-order valence-corrected chi connectivity index (χ4v) is 1.35. The number of anilines is 1. The summed E-state index contributed by atoms with van der Waals surface area (Å²) in [5, 5.41) is 0. The first-order valence-corrected chi connectivity index (χ1v) is 4.65.